The largest absolute Gasteiger partial charge is 0.480 e. The van der Waals surface area contributed by atoms with E-state index in [1.807, 2.05) is 50.2 Å². The predicted molar refractivity (Wildman–Crippen MR) is 149 cm³/mol. The van der Waals surface area contributed by atoms with Crippen LogP contribution in [-0.2, 0) is 25.7 Å². The first-order valence-corrected chi connectivity index (χ1v) is 13.9. The van der Waals surface area contributed by atoms with Gasteiger partial charge in [0, 0.05) is 31.2 Å². The van der Waals surface area contributed by atoms with Crippen molar-refractivity contribution < 1.29 is 23.9 Å². The molecule has 1 fully saturated rings. The number of carbonyl (C=O) groups excluding carboxylic acids is 3. The van der Waals surface area contributed by atoms with Crippen molar-refractivity contribution in [3.05, 3.63) is 65.7 Å². The maximum absolute atomic E-state index is 14.1. The first-order valence-electron chi connectivity index (χ1n) is 13.9. The van der Waals surface area contributed by atoms with Gasteiger partial charge in [0.05, 0.1) is 0 Å². The molecule has 0 aliphatic carbocycles. The summed E-state index contributed by atoms with van der Waals surface area (Å²) in [6.07, 6.45) is 0.764. The van der Waals surface area contributed by atoms with Gasteiger partial charge in [-0.05, 0) is 51.2 Å². The number of piperidine rings is 1. The third-order valence-electron chi connectivity index (χ3n) is 7.12. The van der Waals surface area contributed by atoms with E-state index in [-0.39, 0.29) is 24.4 Å². The van der Waals surface area contributed by atoms with Crippen molar-refractivity contribution in [1.82, 2.24) is 15.1 Å². The van der Waals surface area contributed by atoms with Crippen LogP contribution < -0.4 is 10.1 Å². The van der Waals surface area contributed by atoms with E-state index in [1.54, 1.807) is 31.7 Å². The molecule has 2 unspecified atom stereocenters. The number of hydrogen-bond donors (Lipinski definition) is 1. The molecule has 2 atom stereocenters. The van der Waals surface area contributed by atoms with Crippen LogP contribution >= 0.6 is 0 Å². The molecule has 0 spiro atoms. The highest BCUT2D eigenvalue weighted by Gasteiger charge is 2.45. The molecule has 0 bridgehead atoms. The van der Waals surface area contributed by atoms with E-state index in [0.717, 1.165) is 32.5 Å². The number of fused-ring (bicyclic) bond motifs is 1. The van der Waals surface area contributed by atoms with Gasteiger partial charge in [-0.2, -0.15) is 0 Å². The summed E-state index contributed by atoms with van der Waals surface area (Å²) in [6, 6.07) is 16.6. The molecule has 2 aliphatic heterocycles. The van der Waals surface area contributed by atoms with Crippen LogP contribution in [0.25, 0.3) is 0 Å². The zero-order chi connectivity index (χ0) is 28.2. The minimum Gasteiger partial charge on any atom is -0.480 e. The molecule has 2 heterocycles. The molecule has 2 aliphatic rings. The fourth-order valence-electron chi connectivity index (χ4n) is 5.34. The molecule has 8 heteroatoms. The fraction of sp³-hybridized carbons (Fsp3) is 0.516. The Labute approximate surface area is 231 Å². The van der Waals surface area contributed by atoms with Crippen LogP contribution in [0, 0.1) is 5.92 Å². The van der Waals surface area contributed by atoms with E-state index in [9.17, 15) is 14.4 Å². The van der Waals surface area contributed by atoms with Crippen molar-refractivity contribution in [2.24, 2.45) is 5.92 Å². The lowest BCUT2D eigenvalue weighted by atomic mass is 9.95. The smallest absolute Gasteiger partial charge is 0.325 e. The number of rotatable bonds is 7. The number of carbonyl (C=O) groups is 3. The SMILES string of the molecule is CC(C)C1Oc2ccccc2C(C(=O)NCC(=O)OC(C)(C)C)N(C2CCN(Cc3ccccc3)CC2)C1=O. The molecular weight excluding hydrogens is 494 g/mol. The third kappa shape index (κ3) is 7.18. The number of esters is 1. The van der Waals surface area contributed by atoms with Gasteiger partial charge in [0.1, 0.15) is 23.9 Å². The monoisotopic (exact) mass is 535 g/mol. The Morgan fingerprint density at radius 1 is 1.03 bits per heavy atom. The molecule has 0 aromatic heterocycles. The van der Waals surface area contributed by atoms with Crippen molar-refractivity contribution in [3.8, 4) is 5.75 Å². The third-order valence-corrected chi connectivity index (χ3v) is 7.12. The highest BCUT2D eigenvalue weighted by Crippen LogP contribution is 2.38. The number of ether oxygens (including phenoxy) is 2. The van der Waals surface area contributed by atoms with E-state index in [4.69, 9.17) is 9.47 Å². The van der Waals surface area contributed by atoms with Crippen molar-refractivity contribution in [3.63, 3.8) is 0 Å². The highest BCUT2D eigenvalue weighted by atomic mass is 16.6. The lowest BCUT2D eigenvalue weighted by molar-refractivity contribution is -0.155. The molecule has 4 rings (SSSR count). The minimum atomic E-state index is -0.912. The maximum atomic E-state index is 14.1. The quantitative estimate of drug-likeness (QED) is 0.538. The normalized spacial score (nSPS) is 20.7. The Balaban J connectivity index is 1.59. The Hall–Kier alpha value is -3.39. The molecule has 0 saturated carbocycles. The van der Waals surface area contributed by atoms with Crippen LogP contribution in [0.1, 0.15) is 64.6 Å². The fourth-order valence-corrected chi connectivity index (χ4v) is 5.34. The second kappa shape index (κ2) is 12.2. The highest BCUT2D eigenvalue weighted by molar-refractivity contribution is 5.93. The maximum Gasteiger partial charge on any atom is 0.325 e. The first-order chi connectivity index (χ1) is 18.5. The molecular formula is C31H41N3O5. The Morgan fingerprint density at radius 3 is 2.31 bits per heavy atom. The Kier molecular flexibility index (Phi) is 8.95. The summed E-state index contributed by atoms with van der Waals surface area (Å²) in [7, 11) is 0. The second-order valence-corrected chi connectivity index (χ2v) is 11.8. The zero-order valence-corrected chi connectivity index (χ0v) is 23.7. The molecule has 2 aromatic rings. The summed E-state index contributed by atoms with van der Waals surface area (Å²) in [4.78, 5) is 44.4. The van der Waals surface area contributed by atoms with Crippen molar-refractivity contribution in [2.45, 2.75) is 77.8 Å². The van der Waals surface area contributed by atoms with E-state index < -0.39 is 29.6 Å². The van der Waals surface area contributed by atoms with Crippen LogP contribution in [0.5, 0.6) is 5.75 Å². The first kappa shape index (κ1) is 28.6. The van der Waals surface area contributed by atoms with E-state index in [2.05, 4.69) is 22.3 Å². The molecule has 2 amide bonds. The standard InChI is InChI=1S/C31H41N3O5/c1-21(2)28-30(37)34(23-15-17-33(18-16-23)20-22-11-7-6-8-12-22)27(24-13-9-10-14-25(24)38-28)29(36)32-19-26(35)39-31(3,4)5/h6-14,21,23,27-28H,15-20H2,1-5H3,(H,32,36). The lowest BCUT2D eigenvalue weighted by Crippen LogP contribution is -2.55. The number of nitrogens with one attached hydrogen (secondary N) is 1. The summed E-state index contributed by atoms with van der Waals surface area (Å²) in [6.45, 7) is 11.4. The number of amides is 2. The number of hydrogen-bond acceptors (Lipinski definition) is 6. The average molecular weight is 536 g/mol. The molecule has 1 N–H and O–H groups in total. The zero-order valence-electron chi connectivity index (χ0n) is 23.7. The average Bonchev–Trinajstić information content (AvgIpc) is 3.02. The Morgan fingerprint density at radius 2 is 1.67 bits per heavy atom. The van der Waals surface area contributed by atoms with Crippen LogP contribution in [0.3, 0.4) is 0 Å². The minimum absolute atomic E-state index is 0.0881. The van der Waals surface area contributed by atoms with Gasteiger partial charge in [-0.1, -0.05) is 62.4 Å². The van der Waals surface area contributed by atoms with Gasteiger partial charge in [0.25, 0.3) is 5.91 Å². The molecule has 8 nitrogen and oxygen atoms in total. The topological polar surface area (TPSA) is 88.2 Å². The molecule has 210 valence electrons. The molecule has 0 radical (unpaired) electrons. The molecule has 2 aromatic carbocycles. The van der Waals surface area contributed by atoms with E-state index in [0.29, 0.717) is 11.3 Å². The van der Waals surface area contributed by atoms with E-state index in [1.165, 1.54) is 5.56 Å². The lowest BCUT2D eigenvalue weighted by Gasteiger charge is -2.42. The van der Waals surface area contributed by atoms with Gasteiger partial charge in [0.2, 0.25) is 5.91 Å². The van der Waals surface area contributed by atoms with Crippen molar-refractivity contribution >= 4 is 17.8 Å². The van der Waals surface area contributed by atoms with Gasteiger partial charge >= 0.3 is 5.97 Å². The van der Waals surface area contributed by atoms with Crippen molar-refractivity contribution in [1.29, 1.82) is 0 Å². The summed E-state index contributed by atoms with van der Waals surface area (Å²) in [5, 5.41) is 2.75. The van der Waals surface area contributed by atoms with E-state index >= 15 is 0 Å². The molecule has 39 heavy (non-hydrogen) atoms. The number of para-hydroxylation sites is 1. The second-order valence-electron chi connectivity index (χ2n) is 11.8. The van der Waals surface area contributed by atoms with Gasteiger partial charge in [-0.25, -0.2) is 0 Å². The Bertz CT molecular complexity index is 1150. The van der Waals surface area contributed by atoms with Crippen LogP contribution in [0.4, 0.5) is 0 Å². The number of benzene rings is 2. The van der Waals surface area contributed by atoms with Gasteiger partial charge in [-0.3, -0.25) is 19.3 Å². The van der Waals surface area contributed by atoms with Crippen LogP contribution in [0.15, 0.2) is 54.6 Å². The van der Waals surface area contributed by atoms with Gasteiger partial charge in [-0.15, -0.1) is 0 Å². The number of nitrogens with zero attached hydrogens (tertiary/aromatic N) is 2. The summed E-state index contributed by atoms with van der Waals surface area (Å²) < 4.78 is 11.6. The molecule has 1 saturated heterocycles. The number of likely N-dealkylation sites (tertiary alicyclic amines) is 1. The van der Waals surface area contributed by atoms with Crippen LogP contribution in [-0.4, -0.2) is 65.0 Å². The van der Waals surface area contributed by atoms with Crippen LogP contribution in [0.2, 0.25) is 0 Å². The summed E-state index contributed by atoms with van der Waals surface area (Å²) in [5.41, 5.74) is 1.22. The van der Waals surface area contributed by atoms with Crippen molar-refractivity contribution in [2.75, 3.05) is 19.6 Å². The van der Waals surface area contributed by atoms with Gasteiger partial charge in [0.15, 0.2) is 6.10 Å². The summed E-state index contributed by atoms with van der Waals surface area (Å²) in [5.74, 6) is -0.705. The predicted octanol–water partition coefficient (Wildman–Crippen LogP) is 4.10. The summed E-state index contributed by atoms with van der Waals surface area (Å²) >= 11 is 0. The van der Waals surface area contributed by atoms with Gasteiger partial charge < -0.3 is 19.7 Å².